The van der Waals surface area contributed by atoms with Crippen molar-refractivity contribution in [3.8, 4) is 0 Å². The summed E-state index contributed by atoms with van der Waals surface area (Å²) in [5.41, 5.74) is 6.90. The summed E-state index contributed by atoms with van der Waals surface area (Å²) in [6.45, 7) is 0. The van der Waals surface area contributed by atoms with Gasteiger partial charge in [-0.15, -0.1) is 0 Å². The zero-order chi connectivity index (χ0) is 11.3. The van der Waals surface area contributed by atoms with E-state index in [0.717, 1.165) is 24.2 Å². The number of thioether (sulfide) groups is 1. The van der Waals surface area contributed by atoms with Crippen molar-refractivity contribution in [1.82, 2.24) is 0 Å². The number of hydrogen-bond acceptors (Lipinski definition) is 2. The highest BCUT2D eigenvalue weighted by Gasteiger charge is 2.09. The number of nitrogens with two attached hydrogens (primary N) is 1. The van der Waals surface area contributed by atoms with Crippen molar-refractivity contribution in [1.29, 1.82) is 0 Å². The first-order valence-electron chi connectivity index (χ1n) is 4.82. The van der Waals surface area contributed by atoms with E-state index in [1.165, 1.54) is 6.07 Å². The van der Waals surface area contributed by atoms with E-state index >= 15 is 0 Å². The van der Waals surface area contributed by atoms with Gasteiger partial charge in [0.25, 0.3) is 0 Å². The number of hydrogen-bond donors (Lipinski definition) is 1. The third-order valence-electron chi connectivity index (χ3n) is 2.21. The fraction of sp³-hybridized carbons (Fsp3) is 0.455. The van der Waals surface area contributed by atoms with E-state index in [1.54, 1.807) is 17.8 Å². The van der Waals surface area contributed by atoms with Crippen LogP contribution in [0.3, 0.4) is 0 Å². The van der Waals surface area contributed by atoms with Crippen LogP contribution in [0.25, 0.3) is 0 Å². The maximum Gasteiger partial charge on any atom is 0.137 e. The van der Waals surface area contributed by atoms with Crippen molar-refractivity contribution in [3.05, 3.63) is 34.1 Å². The fourth-order valence-corrected chi connectivity index (χ4v) is 2.32. The maximum atomic E-state index is 13.2. The Kier molecular flexibility index (Phi) is 5.64. The molecule has 4 heteroatoms. The predicted octanol–water partition coefficient (Wildman–Crippen LogP) is 3.21. The van der Waals surface area contributed by atoms with Crippen molar-refractivity contribution in [2.45, 2.75) is 18.9 Å². The standard InChI is InChI=1S/C11H15BrFNS/c1-15-6-5-9(14)7-8-3-2-4-10(13)11(8)12/h2-4,9H,5-7,14H2,1H3. The Morgan fingerprint density at radius 3 is 2.93 bits per heavy atom. The summed E-state index contributed by atoms with van der Waals surface area (Å²) in [6, 6.07) is 5.18. The zero-order valence-electron chi connectivity index (χ0n) is 8.67. The van der Waals surface area contributed by atoms with E-state index in [1.807, 2.05) is 6.07 Å². The van der Waals surface area contributed by atoms with Gasteiger partial charge in [-0.1, -0.05) is 12.1 Å². The molecule has 2 N–H and O–H groups in total. The Bertz CT molecular complexity index is 319. The second-order valence-electron chi connectivity index (χ2n) is 3.46. The smallest absolute Gasteiger partial charge is 0.137 e. The maximum absolute atomic E-state index is 13.2. The quantitative estimate of drug-likeness (QED) is 0.902. The molecule has 0 spiro atoms. The first kappa shape index (κ1) is 13.0. The van der Waals surface area contributed by atoms with Gasteiger partial charge in [0.05, 0.1) is 4.47 Å². The second kappa shape index (κ2) is 6.51. The van der Waals surface area contributed by atoms with Crippen LogP contribution in [0, 0.1) is 5.82 Å². The highest BCUT2D eigenvalue weighted by Crippen LogP contribution is 2.21. The highest BCUT2D eigenvalue weighted by molar-refractivity contribution is 9.10. The van der Waals surface area contributed by atoms with Gasteiger partial charge in [-0.25, -0.2) is 4.39 Å². The summed E-state index contributed by atoms with van der Waals surface area (Å²) in [5.74, 6) is 0.832. The number of halogens is 2. The van der Waals surface area contributed by atoms with E-state index in [4.69, 9.17) is 5.73 Å². The zero-order valence-corrected chi connectivity index (χ0v) is 11.1. The van der Waals surface area contributed by atoms with Crippen molar-refractivity contribution < 1.29 is 4.39 Å². The minimum absolute atomic E-state index is 0.107. The molecule has 15 heavy (non-hydrogen) atoms. The van der Waals surface area contributed by atoms with Crippen LogP contribution in [0.2, 0.25) is 0 Å². The minimum atomic E-state index is -0.218. The molecule has 0 saturated heterocycles. The molecule has 1 rings (SSSR count). The van der Waals surface area contributed by atoms with Crippen LogP contribution in [0.15, 0.2) is 22.7 Å². The topological polar surface area (TPSA) is 26.0 Å². The molecule has 1 atom stereocenters. The summed E-state index contributed by atoms with van der Waals surface area (Å²) in [6.07, 6.45) is 3.74. The summed E-state index contributed by atoms with van der Waals surface area (Å²) < 4.78 is 13.7. The van der Waals surface area contributed by atoms with Gasteiger partial charge in [0.1, 0.15) is 5.82 Å². The van der Waals surface area contributed by atoms with Gasteiger partial charge < -0.3 is 5.73 Å². The SMILES string of the molecule is CSCCC(N)Cc1cccc(F)c1Br. The minimum Gasteiger partial charge on any atom is -0.327 e. The molecule has 0 bridgehead atoms. The molecule has 1 aromatic carbocycles. The van der Waals surface area contributed by atoms with Crippen LogP contribution in [0.1, 0.15) is 12.0 Å². The van der Waals surface area contributed by atoms with Gasteiger partial charge in [-0.2, -0.15) is 11.8 Å². The average molecular weight is 292 g/mol. The Labute approximate surface area is 103 Å². The van der Waals surface area contributed by atoms with E-state index in [2.05, 4.69) is 22.2 Å². The van der Waals surface area contributed by atoms with E-state index < -0.39 is 0 Å². The molecule has 0 aliphatic heterocycles. The Morgan fingerprint density at radius 2 is 2.27 bits per heavy atom. The Balaban J connectivity index is 2.60. The predicted molar refractivity (Wildman–Crippen MR) is 68.8 cm³/mol. The summed E-state index contributed by atoms with van der Waals surface area (Å²) in [4.78, 5) is 0. The highest BCUT2D eigenvalue weighted by atomic mass is 79.9. The van der Waals surface area contributed by atoms with E-state index in [-0.39, 0.29) is 11.9 Å². The van der Waals surface area contributed by atoms with Crippen LogP contribution >= 0.6 is 27.7 Å². The molecule has 1 aromatic rings. The molecule has 0 aromatic heterocycles. The van der Waals surface area contributed by atoms with Crippen LogP contribution in [0.4, 0.5) is 4.39 Å². The summed E-state index contributed by atoms with van der Waals surface area (Å²) >= 11 is 5.02. The number of benzene rings is 1. The summed E-state index contributed by atoms with van der Waals surface area (Å²) in [7, 11) is 0. The molecule has 0 radical (unpaired) electrons. The lowest BCUT2D eigenvalue weighted by Crippen LogP contribution is -2.23. The molecule has 0 fully saturated rings. The van der Waals surface area contributed by atoms with Gasteiger partial charge in [-0.05, 0) is 52.4 Å². The Hall–Kier alpha value is -0.0600. The van der Waals surface area contributed by atoms with Crippen LogP contribution in [0.5, 0.6) is 0 Å². The lowest BCUT2D eigenvalue weighted by molar-refractivity contribution is 0.608. The first-order chi connectivity index (χ1) is 7.15. The molecule has 0 amide bonds. The van der Waals surface area contributed by atoms with Gasteiger partial charge in [0.2, 0.25) is 0 Å². The van der Waals surface area contributed by atoms with Crippen molar-refractivity contribution in [3.63, 3.8) is 0 Å². The molecule has 0 heterocycles. The lowest BCUT2D eigenvalue weighted by atomic mass is 10.0. The monoisotopic (exact) mass is 291 g/mol. The molecule has 1 nitrogen and oxygen atoms in total. The van der Waals surface area contributed by atoms with E-state index in [9.17, 15) is 4.39 Å². The third-order valence-corrected chi connectivity index (χ3v) is 3.74. The Morgan fingerprint density at radius 1 is 1.53 bits per heavy atom. The molecular formula is C11H15BrFNS. The molecule has 0 saturated carbocycles. The average Bonchev–Trinajstić information content (AvgIpc) is 2.22. The van der Waals surface area contributed by atoms with Gasteiger partial charge in [-0.3, -0.25) is 0 Å². The number of rotatable bonds is 5. The normalized spacial score (nSPS) is 12.8. The third kappa shape index (κ3) is 4.13. The molecule has 1 unspecified atom stereocenters. The second-order valence-corrected chi connectivity index (χ2v) is 5.24. The van der Waals surface area contributed by atoms with Crippen LogP contribution in [-0.4, -0.2) is 18.1 Å². The molecular weight excluding hydrogens is 277 g/mol. The van der Waals surface area contributed by atoms with Crippen LogP contribution < -0.4 is 5.73 Å². The fourth-order valence-electron chi connectivity index (χ4n) is 1.36. The largest absolute Gasteiger partial charge is 0.327 e. The van der Waals surface area contributed by atoms with Gasteiger partial charge >= 0.3 is 0 Å². The lowest BCUT2D eigenvalue weighted by Gasteiger charge is -2.12. The van der Waals surface area contributed by atoms with Gasteiger partial charge in [0, 0.05) is 6.04 Å². The molecule has 84 valence electrons. The van der Waals surface area contributed by atoms with E-state index in [0.29, 0.717) is 4.47 Å². The molecule has 0 aliphatic carbocycles. The van der Waals surface area contributed by atoms with Gasteiger partial charge in [0.15, 0.2) is 0 Å². The van der Waals surface area contributed by atoms with Crippen molar-refractivity contribution in [2.75, 3.05) is 12.0 Å². The summed E-state index contributed by atoms with van der Waals surface area (Å²) in [5, 5.41) is 0. The van der Waals surface area contributed by atoms with Crippen LogP contribution in [-0.2, 0) is 6.42 Å². The first-order valence-corrected chi connectivity index (χ1v) is 7.01. The van der Waals surface area contributed by atoms with Crippen molar-refractivity contribution in [2.24, 2.45) is 5.73 Å². The van der Waals surface area contributed by atoms with Crippen molar-refractivity contribution >= 4 is 27.7 Å². The molecule has 0 aliphatic rings.